The van der Waals surface area contributed by atoms with Gasteiger partial charge >= 0.3 is 0 Å². The molecule has 0 aromatic heterocycles. The summed E-state index contributed by atoms with van der Waals surface area (Å²) in [5, 5.41) is 0. The van der Waals surface area contributed by atoms with Gasteiger partial charge in [-0.25, -0.2) is 0 Å². The molecular formula is C39H61BrN2O2S. The predicted molar refractivity (Wildman–Crippen MR) is 202 cm³/mol. The van der Waals surface area contributed by atoms with Crippen molar-refractivity contribution in [2.24, 2.45) is 0 Å². The standard InChI is InChI=1S/C39H60N2O2S.BrH/c1-7-9-10-11-12-13-14-15-16-17-18-19-26-43-37-27-34(22-25-36(37)39(4,5)6)30-41(38(42)8-2)35-23-20-33(21-24-35)29-40-28-32(3)44-31-40;/h20-25,27-28H,7-19,26,29-31H2,1-6H3;1H. The minimum absolute atomic E-state index is 0. The highest BCUT2D eigenvalue weighted by molar-refractivity contribution is 8.93. The van der Waals surface area contributed by atoms with Gasteiger partial charge in [0.05, 0.1) is 19.0 Å². The van der Waals surface area contributed by atoms with E-state index in [0.29, 0.717) is 13.0 Å². The molecule has 1 aliphatic heterocycles. The summed E-state index contributed by atoms with van der Waals surface area (Å²) >= 11 is 1.88. The molecule has 4 nitrogen and oxygen atoms in total. The smallest absolute Gasteiger partial charge is 0.227 e. The molecule has 0 unspecified atom stereocenters. The Morgan fingerprint density at radius 1 is 0.844 bits per heavy atom. The number of hydrogen-bond donors (Lipinski definition) is 0. The van der Waals surface area contributed by atoms with Crippen molar-refractivity contribution in [2.75, 3.05) is 17.4 Å². The van der Waals surface area contributed by atoms with Crippen LogP contribution in [0.4, 0.5) is 5.69 Å². The molecule has 1 heterocycles. The second-order valence-electron chi connectivity index (χ2n) is 13.6. The zero-order valence-corrected chi connectivity index (χ0v) is 31.7. The van der Waals surface area contributed by atoms with E-state index in [1.54, 1.807) is 0 Å². The van der Waals surface area contributed by atoms with Gasteiger partial charge in [-0.05, 0) is 58.6 Å². The van der Waals surface area contributed by atoms with Gasteiger partial charge in [-0.1, -0.05) is 130 Å². The molecule has 0 saturated carbocycles. The molecule has 0 atom stereocenters. The molecular weight excluding hydrogens is 640 g/mol. The van der Waals surface area contributed by atoms with Crippen LogP contribution in [0.2, 0.25) is 0 Å². The van der Waals surface area contributed by atoms with E-state index in [-0.39, 0.29) is 28.3 Å². The van der Waals surface area contributed by atoms with Crippen molar-refractivity contribution in [3.63, 3.8) is 0 Å². The predicted octanol–water partition coefficient (Wildman–Crippen LogP) is 12.0. The number of anilines is 1. The first-order valence-corrected chi connectivity index (χ1v) is 18.4. The monoisotopic (exact) mass is 700 g/mol. The number of thioether (sulfide) groups is 1. The number of nitrogens with zero attached hydrogens (tertiary/aromatic N) is 2. The lowest BCUT2D eigenvalue weighted by Gasteiger charge is -2.26. The van der Waals surface area contributed by atoms with E-state index in [2.05, 4.69) is 88.2 Å². The van der Waals surface area contributed by atoms with Crippen LogP contribution in [0.15, 0.2) is 53.6 Å². The van der Waals surface area contributed by atoms with Gasteiger partial charge in [0.1, 0.15) is 5.75 Å². The van der Waals surface area contributed by atoms with E-state index in [1.165, 1.54) is 86.7 Å². The molecule has 0 bridgehead atoms. The summed E-state index contributed by atoms with van der Waals surface area (Å²) in [6.07, 6.45) is 18.8. The van der Waals surface area contributed by atoms with E-state index in [9.17, 15) is 4.79 Å². The maximum atomic E-state index is 13.1. The highest BCUT2D eigenvalue weighted by Crippen LogP contribution is 2.33. The molecule has 2 aromatic carbocycles. The Morgan fingerprint density at radius 2 is 1.42 bits per heavy atom. The third-order valence-corrected chi connectivity index (χ3v) is 9.53. The second kappa shape index (κ2) is 21.1. The molecule has 1 amide bonds. The van der Waals surface area contributed by atoms with Gasteiger partial charge in [0.15, 0.2) is 0 Å². The van der Waals surface area contributed by atoms with Crippen molar-refractivity contribution >= 4 is 40.3 Å². The average Bonchev–Trinajstić information content (AvgIpc) is 3.42. The number of benzene rings is 2. The minimum Gasteiger partial charge on any atom is -0.493 e. The molecule has 0 fully saturated rings. The number of carbonyl (C=O) groups is 1. The van der Waals surface area contributed by atoms with Gasteiger partial charge in [-0.15, -0.1) is 28.7 Å². The minimum atomic E-state index is -0.0132. The van der Waals surface area contributed by atoms with Crippen LogP contribution in [0.3, 0.4) is 0 Å². The maximum Gasteiger partial charge on any atom is 0.227 e. The molecule has 0 N–H and O–H groups in total. The SMILES string of the molecule is Br.CCCCCCCCCCCCCCOc1cc(CN(C(=O)CC)c2ccc(CN3C=C(C)SC3)cc2)ccc1C(C)(C)C. The van der Waals surface area contributed by atoms with Crippen LogP contribution < -0.4 is 9.64 Å². The maximum absolute atomic E-state index is 13.1. The molecule has 45 heavy (non-hydrogen) atoms. The Labute approximate surface area is 290 Å². The van der Waals surface area contributed by atoms with Crippen LogP contribution in [-0.4, -0.2) is 23.3 Å². The van der Waals surface area contributed by atoms with Crippen molar-refractivity contribution in [3.8, 4) is 5.75 Å². The Balaban J connectivity index is 0.00000705. The largest absolute Gasteiger partial charge is 0.493 e. The number of carbonyl (C=O) groups excluding carboxylic acids is 1. The Hall–Kier alpha value is -1.92. The first-order valence-electron chi connectivity index (χ1n) is 17.4. The van der Waals surface area contributed by atoms with Crippen LogP contribution in [0.25, 0.3) is 0 Å². The lowest BCUT2D eigenvalue weighted by molar-refractivity contribution is -0.118. The van der Waals surface area contributed by atoms with Crippen molar-refractivity contribution < 1.29 is 9.53 Å². The number of hydrogen-bond acceptors (Lipinski definition) is 4. The molecule has 0 saturated heterocycles. The molecule has 6 heteroatoms. The first-order chi connectivity index (χ1) is 21.2. The van der Waals surface area contributed by atoms with E-state index in [4.69, 9.17) is 4.74 Å². The number of unbranched alkanes of at least 4 members (excludes halogenated alkanes) is 11. The fourth-order valence-electron chi connectivity index (χ4n) is 5.85. The molecule has 3 rings (SSSR count). The second-order valence-corrected chi connectivity index (χ2v) is 14.8. The molecule has 1 aliphatic rings. The summed E-state index contributed by atoms with van der Waals surface area (Å²) in [5.74, 6) is 2.10. The summed E-state index contributed by atoms with van der Waals surface area (Å²) in [6.45, 7) is 15.3. The number of halogens is 1. The van der Waals surface area contributed by atoms with Crippen LogP contribution in [-0.2, 0) is 23.3 Å². The van der Waals surface area contributed by atoms with E-state index >= 15 is 0 Å². The lowest BCUT2D eigenvalue weighted by Crippen LogP contribution is -2.29. The lowest BCUT2D eigenvalue weighted by atomic mass is 9.85. The van der Waals surface area contributed by atoms with Crippen molar-refractivity contribution in [2.45, 2.75) is 144 Å². The van der Waals surface area contributed by atoms with Gasteiger partial charge in [0.2, 0.25) is 5.91 Å². The Kier molecular flexibility index (Phi) is 18.4. The van der Waals surface area contributed by atoms with Crippen LogP contribution in [0.5, 0.6) is 5.75 Å². The molecule has 0 spiro atoms. The number of ether oxygens (including phenoxy) is 1. The number of amides is 1. The van der Waals surface area contributed by atoms with Crippen molar-refractivity contribution in [1.29, 1.82) is 0 Å². The van der Waals surface area contributed by atoms with Crippen LogP contribution in [0, 0.1) is 0 Å². The third-order valence-electron chi connectivity index (χ3n) is 8.51. The van der Waals surface area contributed by atoms with Crippen LogP contribution >= 0.6 is 28.7 Å². The summed E-state index contributed by atoms with van der Waals surface area (Å²) in [4.78, 5) is 18.7. The number of allylic oxidation sites excluding steroid dienone is 1. The normalized spacial score (nSPS) is 13.0. The van der Waals surface area contributed by atoms with E-state index in [0.717, 1.165) is 42.4 Å². The highest BCUT2D eigenvalue weighted by atomic mass is 79.9. The Bertz CT molecular complexity index is 1160. The zero-order chi connectivity index (χ0) is 31.8. The summed E-state index contributed by atoms with van der Waals surface area (Å²) in [7, 11) is 0. The van der Waals surface area contributed by atoms with Gasteiger partial charge in [-0.3, -0.25) is 4.79 Å². The average molecular weight is 702 g/mol. The van der Waals surface area contributed by atoms with Crippen molar-refractivity contribution in [1.82, 2.24) is 4.90 Å². The fourth-order valence-corrected chi connectivity index (χ4v) is 6.61. The fraction of sp³-hybridized carbons (Fsp3) is 0.615. The molecule has 2 aromatic rings. The van der Waals surface area contributed by atoms with Gasteiger partial charge in [0.25, 0.3) is 0 Å². The van der Waals surface area contributed by atoms with Gasteiger partial charge < -0.3 is 14.5 Å². The first kappa shape index (κ1) is 39.3. The summed E-state index contributed by atoms with van der Waals surface area (Å²) in [5.41, 5.74) is 4.51. The van der Waals surface area contributed by atoms with E-state index < -0.39 is 0 Å². The molecule has 0 radical (unpaired) electrons. The summed E-state index contributed by atoms with van der Waals surface area (Å²) in [6, 6.07) is 15.0. The number of rotatable bonds is 20. The molecule has 0 aliphatic carbocycles. The topological polar surface area (TPSA) is 32.8 Å². The van der Waals surface area contributed by atoms with E-state index in [1.807, 2.05) is 23.6 Å². The summed E-state index contributed by atoms with van der Waals surface area (Å²) < 4.78 is 6.44. The highest BCUT2D eigenvalue weighted by Gasteiger charge is 2.21. The quantitative estimate of drug-likeness (QED) is 0.129. The third kappa shape index (κ3) is 14.2. The van der Waals surface area contributed by atoms with Crippen molar-refractivity contribution in [3.05, 3.63) is 70.3 Å². The van der Waals surface area contributed by atoms with Gasteiger partial charge in [-0.2, -0.15) is 0 Å². The Morgan fingerprint density at radius 3 is 1.96 bits per heavy atom. The van der Waals surface area contributed by atoms with Gasteiger partial charge in [0, 0.05) is 24.9 Å². The molecule has 252 valence electrons. The zero-order valence-electron chi connectivity index (χ0n) is 29.2. The van der Waals surface area contributed by atoms with Crippen LogP contribution in [0.1, 0.15) is 142 Å².